The molecule has 0 aromatic heterocycles. The van der Waals surface area contributed by atoms with E-state index in [-0.39, 0.29) is 17.4 Å². The third kappa shape index (κ3) is 3.96. The first kappa shape index (κ1) is 13.3. The number of phenols is 2. The van der Waals surface area contributed by atoms with Crippen LogP contribution in [0.5, 0.6) is 11.5 Å². The van der Waals surface area contributed by atoms with E-state index in [9.17, 15) is 9.90 Å². The summed E-state index contributed by atoms with van der Waals surface area (Å²) in [5.74, 6) is -0.533. The van der Waals surface area contributed by atoms with E-state index in [4.69, 9.17) is 10.8 Å². The lowest BCUT2D eigenvalue weighted by Crippen LogP contribution is -2.49. The number of hydrogen-bond donors (Lipinski definition) is 4. The maximum absolute atomic E-state index is 11.5. The molecule has 0 heterocycles. The van der Waals surface area contributed by atoms with Gasteiger partial charge < -0.3 is 21.3 Å². The number of rotatable bonds is 4. The number of carbonyl (C=O) groups is 1. The molecule has 0 radical (unpaired) electrons. The van der Waals surface area contributed by atoms with Gasteiger partial charge in [-0.25, -0.2) is 0 Å². The first-order chi connectivity index (χ1) is 7.80. The summed E-state index contributed by atoms with van der Waals surface area (Å²) in [4.78, 5) is 11.5. The number of nitrogens with one attached hydrogen (secondary N) is 1. The molecule has 1 amide bonds. The normalized spacial score (nSPS) is 11.2. The first-order valence-corrected chi connectivity index (χ1v) is 5.39. The number of hydrogen-bond acceptors (Lipinski definition) is 4. The summed E-state index contributed by atoms with van der Waals surface area (Å²) >= 11 is 0. The average Bonchev–Trinajstić information content (AvgIpc) is 2.22. The molecular formula is C12H18N2O3. The zero-order valence-electron chi connectivity index (χ0n) is 10.0. The van der Waals surface area contributed by atoms with Crippen molar-refractivity contribution in [3.05, 3.63) is 23.8 Å². The molecule has 0 spiro atoms. The minimum Gasteiger partial charge on any atom is -0.504 e. The largest absolute Gasteiger partial charge is 0.504 e. The van der Waals surface area contributed by atoms with Gasteiger partial charge >= 0.3 is 0 Å². The molecule has 0 aliphatic rings. The Balaban J connectivity index is 2.46. The van der Waals surface area contributed by atoms with E-state index in [0.717, 1.165) is 5.56 Å². The molecule has 5 N–H and O–H groups in total. The van der Waals surface area contributed by atoms with Crippen LogP contribution in [0.2, 0.25) is 0 Å². The van der Waals surface area contributed by atoms with E-state index in [2.05, 4.69) is 5.32 Å². The Labute approximate surface area is 100 Å². The maximum Gasteiger partial charge on any atom is 0.239 e. The molecule has 5 nitrogen and oxygen atoms in total. The molecule has 94 valence electrons. The van der Waals surface area contributed by atoms with E-state index in [1.165, 1.54) is 12.1 Å². The van der Waals surface area contributed by atoms with Gasteiger partial charge in [-0.15, -0.1) is 0 Å². The van der Waals surface area contributed by atoms with Gasteiger partial charge in [0.1, 0.15) is 0 Å². The summed E-state index contributed by atoms with van der Waals surface area (Å²) < 4.78 is 0. The molecule has 0 unspecified atom stereocenters. The van der Waals surface area contributed by atoms with Gasteiger partial charge in [0.25, 0.3) is 0 Å². The first-order valence-electron chi connectivity index (χ1n) is 5.39. The quantitative estimate of drug-likeness (QED) is 0.574. The minimum atomic E-state index is -0.892. The van der Waals surface area contributed by atoms with Crippen LogP contribution in [0.4, 0.5) is 0 Å². The highest BCUT2D eigenvalue weighted by Crippen LogP contribution is 2.24. The number of benzene rings is 1. The molecule has 17 heavy (non-hydrogen) atoms. The Bertz CT molecular complexity index is 411. The van der Waals surface area contributed by atoms with Crippen molar-refractivity contribution >= 4 is 5.91 Å². The lowest BCUT2D eigenvalue weighted by atomic mass is 10.1. The molecule has 5 heteroatoms. The molecule has 0 aliphatic carbocycles. The topological polar surface area (TPSA) is 95.6 Å². The van der Waals surface area contributed by atoms with Crippen LogP contribution in [-0.4, -0.2) is 28.2 Å². The molecule has 0 aliphatic heterocycles. The van der Waals surface area contributed by atoms with Gasteiger partial charge in [-0.1, -0.05) is 6.07 Å². The second kappa shape index (κ2) is 5.05. The van der Waals surface area contributed by atoms with Crippen molar-refractivity contribution in [1.82, 2.24) is 5.32 Å². The van der Waals surface area contributed by atoms with Crippen LogP contribution >= 0.6 is 0 Å². The Kier molecular flexibility index (Phi) is 3.96. The lowest BCUT2D eigenvalue weighted by molar-refractivity contribution is -0.125. The standard InChI is InChI=1S/C12H18N2O3/c1-12(2,13)11(17)14-6-5-8-3-4-9(15)10(16)7-8/h3-4,7,15-16H,5-6,13H2,1-2H3,(H,14,17). The third-order valence-electron chi connectivity index (χ3n) is 2.32. The fraction of sp³-hybridized carbons (Fsp3) is 0.417. The van der Waals surface area contributed by atoms with Crippen LogP contribution in [0, 0.1) is 0 Å². The molecule has 0 atom stereocenters. The predicted molar refractivity (Wildman–Crippen MR) is 64.8 cm³/mol. The molecule has 0 bridgehead atoms. The third-order valence-corrected chi connectivity index (χ3v) is 2.32. The average molecular weight is 238 g/mol. The Morgan fingerprint density at radius 3 is 2.53 bits per heavy atom. The van der Waals surface area contributed by atoms with Gasteiger partial charge in [-0.05, 0) is 38.0 Å². The smallest absolute Gasteiger partial charge is 0.239 e. The van der Waals surface area contributed by atoms with Crippen molar-refractivity contribution < 1.29 is 15.0 Å². The molecule has 1 rings (SSSR count). The number of aromatic hydroxyl groups is 2. The fourth-order valence-corrected chi connectivity index (χ4v) is 1.27. The Morgan fingerprint density at radius 1 is 1.35 bits per heavy atom. The maximum atomic E-state index is 11.5. The summed E-state index contributed by atoms with van der Waals surface area (Å²) in [6.07, 6.45) is 0.565. The highest BCUT2D eigenvalue weighted by atomic mass is 16.3. The van der Waals surface area contributed by atoms with Crippen molar-refractivity contribution in [1.29, 1.82) is 0 Å². The molecule has 0 saturated carbocycles. The minimum absolute atomic E-state index is 0.152. The van der Waals surface area contributed by atoms with Crippen LogP contribution in [0.15, 0.2) is 18.2 Å². The highest BCUT2D eigenvalue weighted by molar-refractivity contribution is 5.84. The zero-order valence-corrected chi connectivity index (χ0v) is 10.0. The summed E-state index contributed by atoms with van der Waals surface area (Å²) in [7, 11) is 0. The molecule has 0 saturated heterocycles. The van der Waals surface area contributed by atoms with E-state index in [1.54, 1.807) is 19.9 Å². The summed E-state index contributed by atoms with van der Waals surface area (Å²) in [6.45, 7) is 3.70. The SMILES string of the molecule is CC(C)(N)C(=O)NCCc1ccc(O)c(O)c1. The van der Waals surface area contributed by atoms with Crippen molar-refractivity contribution in [3.63, 3.8) is 0 Å². The zero-order chi connectivity index (χ0) is 13.1. The van der Waals surface area contributed by atoms with Crippen LogP contribution < -0.4 is 11.1 Å². The van der Waals surface area contributed by atoms with E-state index < -0.39 is 5.54 Å². The predicted octanol–water partition coefficient (Wildman–Crippen LogP) is 0.494. The fourth-order valence-electron chi connectivity index (χ4n) is 1.27. The summed E-state index contributed by atoms with van der Waals surface area (Å²) in [5, 5.41) is 21.1. The summed E-state index contributed by atoms with van der Waals surface area (Å²) in [6, 6.07) is 4.57. The van der Waals surface area contributed by atoms with Crippen molar-refractivity contribution in [2.75, 3.05) is 6.54 Å². The Hall–Kier alpha value is -1.75. The van der Waals surface area contributed by atoms with Gasteiger partial charge in [-0.3, -0.25) is 4.79 Å². The molecule has 1 aromatic carbocycles. The highest BCUT2D eigenvalue weighted by Gasteiger charge is 2.20. The monoisotopic (exact) mass is 238 g/mol. The number of nitrogens with two attached hydrogens (primary N) is 1. The second-order valence-electron chi connectivity index (χ2n) is 4.55. The lowest BCUT2D eigenvalue weighted by Gasteiger charge is -2.17. The van der Waals surface area contributed by atoms with Crippen molar-refractivity contribution in [2.45, 2.75) is 25.8 Å². The van der Waals surface area contributed by atoms with Gasteiger partial charge in [-0.2, -0.15) is 0 Å². The van der Waals surface area contributed by atoms with Crippen LogP contribution in [0.1, 0.15) is 19.4 Å². The second-order valence-corrected chi connectivity index (χ2v) is 4.55. The molecule has 1 aromatic rings. The van der Waals surface area contributed by atoms with E-state index in [1.807, 2.05) is 0 Å². The van der Waals surface area contributed by atoms with Crippen LogP contribution in [-0.2, 0) is 11.2 Å². The van der Waals surface area contributed by atoms with Crippen LogP contribution in [0.3, 0.4) is 0 Å². The van der Waals surface area contributed by atoms with Crippen molar-refractivity contribution in [3.8, 4) is 11.5 Å². The molecular weight excluding hydrogens is 220 g/mol. The van der Waals surface area contributed by atoms with E-state index >= 15 is 0 Å². The number of carbonyl (C=O) groups excluding carboxylic acids is 1. The number of phenolic OH excluding ortho intramolecular Hbond substituents is 2. The van der Waals surface area contributed by atoms with Gasteiger partial charge in [0, 0.05) is 6.54 Å². The number of amides is 1. The van der Waals surface area contributed by atoms with Crippen LogP contribution in [0.25, 0.3) is 0 Å². The van der Waals surface area contributed by atoms with E-state index in [0.29, 0.717) is 13.0 Å². The Morgan fingerprint density at radius 2 is 2.00 bits per heavy atom. The van der Waals surface area contributed by atoms with Gasteiger partial charge in [0.2, 0.25) is 5.91 Å². The summed E-state index contributed by atoms with van der Waals surface area (Å²) in [5.41, 5.74) is 5.55. The molecule has 0 fully saturated rings. The van der Waals surface area contributed by atoms with Gasteiger partial charge in [0.15, 0.2) is 11.5 Å². The van der Waals surface area contributed by atoms with Crippen molar-refractivity contribution in [2.24, 2.45) is 5.73 Å². The van der Waals surface area contributed by atoms with Gasteiger partial charge in [0.05, 0.1) is 5.54 Å².